The van der Waals surface area contributed by atoms with Crippen LogP contribution >= 0.6 is 0 Å². The summed E-state index contributed by atoms with van der Waals surface area (Å²) in [5.74, 6) is -1.11. The fraction of sp³-hybridized carbons (Fsp3) is 0.615. The first kappa shape index (κ1) is 66.6. The number of rotatable bonds is 50. The van der Waals surface area contributed by atoms with E-state index in [1.807, 2.05) is 24.3 Å². The fourth-order valence-corrected chi connectivity index (χ4v) is 7.42. The predicted octanol–water partition coefficient (Wildman–Crippen LogP) is 19.4. The van der Waals surface area contributed by atoms with E-state index >= 15 is 0 Å². The van der Waals surface area contributed by atoms with Gasteiger partial charge >= 0.3 is 17.9 Å². The van der Waals surface area contributed by atoms with Gasteiger partial charge in [-0.05, 0) is 109 Å². The Morgan fingerprint density at radius 2 is 0.577 bits per heavy atom. The molecule has 0 aliphatic rings. The van der Waals surface area contributed by atoms with Crippen molar-refractivity contribution in [2.45, 2.75) is 245 Å². The number of esters is 3. The Kier molecular flexibility index (Phi) is 54.5. The second-order valence-electron chi connectivity index (χ2n) is 18.4. The Bertz CT molecular complexity index is 1550. The van der Waals surface area contributed by atoms with Crippen LogP contribution in [0.4, 0.5) is 0 Å². The van der Waals surface area contributed by atoms with Gasteiger partial charge in [-0.15, -0.1) is 0 Å². The molecule has 0 amide bonds. The lowest BCUT2D eigenvalue weighted by molar-refractivity contribution is -0.166. The van der Waals surface area contributed by atoms with Crippen LogP contribution in [0.2, 0.25) is 0 Å². The maximum atomic E-state index is 12.8. The molecule has 0 N–H and O–H groups in total. The third-order valence-corrected chi connectivity index (χ3v) is 11.6. The van der Waals surface area contributed by atoms with Crippen LogP contribution < -0.4 is 0 Å². The molecule has 0 aliphatic carbocycles. The summed E-state index contributed by atoms with van der Waals surface area (Å²) >= 11 is 0. The maximum absolute atomic E-state index is 12.8. The van der Waals surface area contributed by atoms with Crippen LogP contribution in [0.5, 0.6) is 0 Å². The molecular formula is C65H104O6. The molecule has 0 aliphatic heterocycles. The van der Waals surface area contributed by atoms with Crippen LogP contribution in [-0.2, 0) is 28.6 Å². The number of ether oxygens (including phenoxy) is 3. The molecule has 0 spiro atoms. The Morgan fingerprint density at radius 1 is 0.296 bits per heavy atom. The summed E-state index contributed by atoms with van der Waals surface area (Å²) in [6.07, 6.45) is 82.0. The molecule has 71 heavy (non-hydrogen) atoms. The molecule has 0 fully saturated rings. The molecule has 0 radical (unpaired) electrons. The van der Waals surface area contributed by atoms with Gasteiger partial charge in [0.15, 0.2) is 6.10 Å². The van der Waals surface area contributed by atoms with Gasteiger partial charge in [0.05, 0.1) is 0 Å². The second kappa shape index (κ2) is 58.1. The normalized spacial score (nSPS) is 13.1. The van der Waals surface area contributed by atoms with E-state index < -0.39 is 12.1 Å². The topological polar surface area (TPSA) is 78.9 Å². The van der Waals surface area contributed by atoms with Crippen molar-refractivity contribution in [3.8, 4) is 0 Å². The van der Waals surface area contributed by atoms with E-state index in [2.05, 4.69) is 130 Å². The Balaban J connectivity index is 4.36. The highest BCUT2D eigenvalue weighted by Crippen LogP contribution is 2.14. The summed E-state index contributed by atoms with van der Waals surface area (Å²) in [4.78, 5) is 38.0. The molecule has 0 saturated heterocycles. The third-order valence-electron chi connectivity index (χ3n) is 11.6. The van der Waals surface area contributed by atoms with Gasteiger partial charge in [0.2, 0.25) is 0 Å². The summed E-state index contributed by atoms with van der Waals surface area (Å²) in [5, 5.41) is 0. The highest BCUT2D eigenvalue weighted by atomic mass is 16.6. The Hall–Kier alpha value is -4.45. The quantitative estimate of drug-likeness (QED) is 0.0262. The van der Waals surface area contributed by atoms with E-state index in [-0.39, 0.29) is 38.0 Å². The number of allylic oxidation sites excluding steroid dienone is 22. The lowest BCUT2D eigenvalue weighted by atomic mass is 10.0. The van der Waals surface area contributed by atoms with E-state index in [1.165, 1.54) is 103 Å². The summed E-state index contributed by atoms with van der Waals surface area (Å²) < 4.78 is 16.7. The minimum Gasteiger partial charge on any atom is -0.462 e. The van der Waals surface area contributed by atoms with Gasteiger partial charge in [-0.2, -0.15) is 0 Å². The highest BCUT2D eigenvalue weighted by molar-refractivity contribution is 5.71. The van der Waals surface area contributed by atoms with E-state index in [1.54, 1.807) is 0 Å². The van der Waals surface area contributed by atoms with Gasteiger partial charge in [0.25, 0.3) is 0 Å². The minimum absolute atomic E-state index is 0.134. The number of carbonyl (C=O) groups is 3. The van der Waals surface area contributed by atoms with Gasteiger partial charge in [0.1, 0.15) is 13.2 Å². The minimum atomic E-state index is -0.850. The van der Waals surface area contributed by atoms with Crippen LogP contribution in [0.15, 0.2) is 134 Å². The van der Waals surface area contributed by atoms with Crippen molar-refractivity contribution in [2.75, 3.05) is 13.2 Å². The molecule has 0 heterocycles. The van der Waals surface area contributed by atoms with Gasteiger partial charge < -0.3 is 14.2 Å². The summed E-state index contributed by atoms with van der Waals surface area (Å²) in [6, 6.07) is 0. The molecular weight excluding hydrogens is 877 g/mol. The van der Waals surface area contributed by atoms with E-state index in [9.17, 15) is 14.4 Å². The lowest BCUT2D eigenvalue weighted by Gasteiger charge is -2.18. The fourth-order valence-electron chi connectivity index (χ4n) is 7.42. The van der Waals surface area contributed by atoms with Crippen LogP contribution in [0.3, 0.4) is 0 Å². The van der Waals surface area contributed by atoms with Crippen molar-refractivity contribution in [1.82, 2.24) is 0 Å². The number of carbonyl (C=O) groups excluding carboxylic acids is 3. The number of hydrogen-bond acceptors (Lipinski definition) is 6. The molecule has 1 atom stereocenters. The van der Waals surface area contributed by atoms with Gasteiger partial charge in [-0.25, -0.2) is 0 Å². The zero-order valence-electron chi connectivity index (χ0n) is 45.7. The molecule has 0 aromatic rings. The standard InChI is InChI=1S/C65H104O6/c1-4-7-10-13-16-19-22-25-26-27-28-29-30-31-32-33-34-35-36-37-38-41-43-46-49-52-55-58-64(67)70-61-62(71-65(68)59-56-53-50-47-44-40-24-21-18-15-12-9-6-3)60-69-63(66)57-54-51-48-45-42-39-23-20-17-14-11-8-5-2/h8-9,11-12,17-18,20-22,25,27-28,30-31,39-40,42,44,48,50-51,53,62H,4-7,10,13-16,19,23-24,26,29,32-38,41,43,45-47,49,52,54-61H2,1-3H3/b11-8-,12-9-,20-17-,21-18-,25-22-,28-27-,31-30-,42-39-,44-40-,51-48-,53-50-. The van der Waals surface area contributed by atoms with Crippen molar-refractivity contribution in [3.05, 3.63) is 134 Å². The maximum Gasteiger partial charge on any atom is 0.306 e. The smallest absolute Gasteiger partial charge is 0.306 e. The second-order valence-corrected chi connectivity index (χ2v) is 18.4. The van der Waals surface area contributed by atoms with Crippen molar-refractivity contribution in [2.24, 2.45) is 0 Å². The monoisotopic (exact) mass is 981 g/mol. The summed E-state index contributed by atoms with van der Waals surface area (Å²) in [6.45, 7) is 6.25. The van der Waals surface area contributed by atoms with Crippen LogP contribution in [0.25, 0.3) is 0 Å². The molecule has 6 nitrogen and oxygen atoms in total. The molecule has 1 unspecified atom stereocenters. The van der Waals surface area contributed by atoms with Crippen molar-refractivity contribution >= 4 is 17.9 Å². The number of hydrogen-bond donors (Lipinski definition) is 0. The van der Waals surface area contributed by atoms with Crippen molar-refractivity contribution in [1.29, 1.82) is 0 Å². The third kappa shape index (κ3) is 56.3. The van der Waals surface area contributed by atoms with Crippen LogP contribution in [-0.4, -0.2) is 37.2 Å². The summed E-state index contributed by atoms with van der Waals surface area (Å²) in [7, 11) is 0. The van der Waals surface area contributed by atoms with Crippen LogP contribution in [0, 0.1) is 0 Å². The molecule has 0 bridgehead atoms. The highest BCUT2D eigenvalue weighted by Gasteiger charge is 2.19. The average Bonchev–Trinajstić information content (AvgIpc) is 3.37. The largest absolute Gasteiger partial charge is 0.462 e. The Morgan fingerprint density at radius 3 is 0.944 bits per heavy atom. The van der Waals surface area contributed by atoms with E-state index in [0.29, 0.717) is 19.3 Å². The first-order valence-corrected chi connectivity index (χ1v) is 28.7. The molecule has 6 heteroatoms. The zero-order chi connectivity index (χ0) is 51.4. The zero-order valence-corrected chi connectivity index (χ0v) is 45.7. The molecule has 0 saturated carbocycles. The first-order valence-electron chi connectivity index (χ1n) is 28.7. The average molecular weight is 982 g/mol. The van der Waals surface area contributed by atoms with E-state index in [0.717, 1.165) is 83.5 Å². The molecule has 0 aromatic heterocycles. The SMILES string of the molecule is CC/C=C\C/C=C\C/C=C\C/C=C\CCC(=O)OCC(COC(=O)CCCCCCCCCCCCCC/C=C\C/C=C\C/C=C\CCCCCCC)OC(=O)CC/C=C\C/C=C\C/C=C\C/C=C\CC. The van der Waals surface area contributed by atoms with E-state index in [4.69, 9.17) is 14.2 Å². The lowest BCUT2D eigenvalue weighted by Crippen LogP contribution is -2.30. The van der Waals surface area contributed by atoms with Crippen molar-refractivity contribution in [3.63, 3.8) is 0 Å². The Labute approximate surface area is 436 Å². The van der Waals surface area contributed by atoms with Gasteiger partial charge in [-0.1, -0.05) is 244 Å². The van der Waals surface area contributed by atoms with Gasteiger partial charge in [-0.3, -0.25) is 14.4 Å². The predicted molar refractivity (Wildman–Crippen MR) is 306 cm³/mol. The van der Waals surface area contributed by atoms with Crippen molar-refractivity contribution < 1.29 is 28.6 Å². The summed E-state index contributed by atoms with van der Waals surface area (Å²) in [5.41, 5.74) is 0. The molecule has 400 valence electrons. The number of unbranched alkanes of at least 4 members (excludes halogenated alkanes) is 17. The molecule has 0 rings (SSSR count). The first-order chi connectivity index (χ1) is 35.0. The van der Waals surface area contributed by atoms with Crippen LogP contribution in [0.1, 0.15) is 239 Å². The van der Waals surface area contributed by atoms with Gasteiger partial charge in [0, 0.05) is 19.3 Å². The molecule has 0 aromatic carbocycles.